The molecule has 0 aromatic heterocycles. The van der Waals surface area contributed by atoms with Gasteiger partial charge in [0.2, 0.25) is 0 Å². The highest BCUT2D eigenvalue weighted by molar-refractivity contribution is 6.35. The zero-order valence-corrected chi connectivity index (χ0v) is 9.79. The molecule has 3 heteroatoms. The van der Waals surface area contributed by atoms with Gasteiger partial charge in [0.15, 0.2) is 0 Å². The van der Waals surface area contributed by atoms with Gasteiger partial charge >= 0.3 is 0 Å². The molecule has 1 heterocycles. The molecule has 1 rings (SSSR count). The summed E-state index contributed by atoms with van der Waals surface area (Å²) in [4.78, 5) is 2.38. The first-order chi connectivity index (χ1) is 6.39. The number of piperidine rings is 1. The maximum atomic E-state index is 5.58. The average molecular weight is 189 g/mol. The maximum Gasteiger partial charge on any atom is 0.0592 e. The van der Waals surface area contributed by atoms with Crippen LogP contribution in [-0.2, 0) is 0 Å². The molecule has 14 heavy (non-hydrogen) atoms. The van der Waals surface area contributed by atoms with Gasteiger partial charge in [-0.25, -0.2) is 0 Å². The number of nitrogens with zero attached hydrogens (tertiary/aromatic N) is 1. The molecule has 1 nitrogen and oxygen atoms in total. The summed E-state index contributed by atoms with van der Waals surface area (Å²) in [5, 5.41) is 0. The molecule has 1 aliphatic rings. The van der Waals surface area contributed by atoms with Crippen molar-refractivity contribution in [2.24, 2.45) is 11.3 Å². The van der Waals surface area contributed by atoms with Crippen molar-refractivity contribution >= 4 is 15.7 Å². The maximum absolute atomic E-state index is 5.58. The van der Waals surface area contributed by atoms with Crippen LogP contribution in [0.15, 0.2) is 0 Å². The quantitative estimate of drug-likeness (QED) is 0.598. The Hall–Kier alpha value is 0.0899. The van der Waals surface area contributed by atoms with Crippen LogP contribution in [0.2, 0.25) is 5.72 Å². The molecule has 0 N–H and O–H groups in total. The zero-order chi connectivity index (χ0) is 10.8. The van der Waals surface area contributed by atoms with Crippen molar-refractivity contribution in [2.75, 3.05) is 19.6 Å². The smallest absolute Gasteiger partial charge is 0.0592 e. The molecule has 0 aromatic carbocycles. The lowest BCUT2D eigenvalue weighted by Gasteiger charge is -2.39. The van der Waals surface area contributed by atoms with Crippen molar-refractivity contribution in [1.82, 2.24) is 4.90 Å². The van der Waals surface area contributed by atoms with Crippen LogP contribution < -0.4 is 0 Å². The van der Waals surface area contributed by atoms with Gasteiger partial charge in [-0.3, -0.25) is 0 Å². The lowest BCUT2D eigenvalue weighted by atomic mass is 9.70. The van der Waals surface area contributed by atoms with Crippen LogP contribution in [0.1, 0.15) is 33.6 Å². The first kappa shape index (κ1) is 12.2. The largest absolute Gasteiger partial charge is 0.304 e. The van der Waals surface area contributed by atoms with Gasteiger partial charge < -0.3 is 4.90 Å². The Bertz CT molecular complexity index is 167. The molecule has 0 bridgehead atoms. The van der Waals surface area contributed by atoms with E-state index in [0.29, 0.717) is 5.41 Å². The summed E-state index contributed by atoms with van der Waals surface area (Å²) in [6.45, 7) is 10.2. The third-order valence-corrected chi connectivity index (χ3v) is 3.28. The van der Waals surface area contributed by atoms with Crippen molar-refractivity contribution in [3.63, 3.8) is 0 Å². The Morgan fingerprint density at radius 1 is 1.21 bits per heavy atom. The average Bonchev–Trinajstić information content (AvgIpc) is 2.02. The second kappa shape index (κ2) is 4.74. The summed E-state index contributed by atoms with van der Waals surface area (Å²) in [5.74, 6) is 0.854. The van der Waals surface area contributed by atoms with Crippen molar-refractivity contribution in [3.8, 4) is 0 Å². The minimum atomic E-state index is -0.179. The van der Waals surface area contributed by atoms with Gasteiger partial charge in [-0.15, -0.1) is 0 Å². The number of hydrogen-bond donors (Lipinski definition) is 0. The summed E-state index contributed by atoms with van der Waals surface area (Å²) < 4.78 is 0. The fourth-order valence-corrected chi connectivity index (χ4v) is 2.28. The van der Waals surface area contributed by atoms with Gasteiger partial charge in [0.1, 0.15) is 0 Å². The van der Waals surface area contributed by atoms with Crippen molar-refractivity contribution in [1.29, 1.82) is 0 Å². The minimum absolute atomic E-state index is 0.179. The molecule has 4 radical (unpaired) electrons. The topological polar surface area (TPSA) is 3.24 Å². The van der Waals surface area contributed by atoms with E-state index in [1.807, 2.05) is 0 Å². The summed E-state index contributed by atoms with van der Waals surface area (Å²) >= 11 is 0. The minimum Gasteiger partial charge on any atom is -0.304 e. The van der Waals surface area contributed by atoms with Gasteiger partial charge in [0.25, 0.3) is 0 Å². The Kier molecular flexibility index (Phi) is 4.12. The molecular formula is C11H21B2N. The molecule has 0 aromatic rings. The number of hydrogen-bond acceptors (Lipinski definition) is 1. The monoisotopic (exact) mass is 189 g/mol. The summed E-state index contributed by atoms with van der Waals surface area (Å²) in [5.41, 5.74) is 0.276. The van der Waals surface area contributed by atoms with E-state index in [4.69, 9.17) is 15.7 Å². The Morgan fingerprint density at radius 3 is 2.07 bits per heavy atom. The van der Waals surface area contributed by atoms with E-state index >= 15 is 0 Å². The predicted molar refractivity (Wildman–Crippen MR) is 63.9 cm³/mol. The van der Waals surface area contributed by atoms with Crippen LogP contribution in [0.25, 0.3) is 0 Å². The van der Waals surface area contributed by atoms with E-state index in [9.17, 15) is 0 Å². The number of likely N-dealkylation sites (tertiary alicyclic amines) is 1. The third-order valence-electron chi connectivity index (χ3n) is 3.28. The highest BCUT2D eigenvalue weighted by Crippen LogP contribution is 2.34. The van der Waals surface area contributed by atoms with Crippen LogP contribution >= 0.6 is 0 Å². The van der Waals surface area contributed by atoms with E-state index in [1.54, 1.807) is 0 Å². The van der Waals surface area contributed by atoms with E-state index < -0.39 is 0 Å². The second-order valence-corrected chi connectivity index (χ2v) is 5.60. The normalized spacial score (nSPS) is 21.7. The molecule has 0 aliphatic carbocycles. The molecule has 76 valence electrons. The zero-order valence-electron chi connectivity index (χ0n) is 9.79. The fourth-order valence-electron chi connectivity index (χ4n) is 2.28. The third kappa shape index (κ3) is 3.68. The van der Waals surface area contributed by atoms with Crippen LogP contribution in [0.5, 0.6) is 0 Å². The summed E-state index contributed by atoms with van der Waals surface area (Å²) in [7, 11) is 11.2. The molecular weight excluding hydrogens is 168 g/mol. The SMILES string of the molecule is [B]C([B])CN1CCC(C(C)(C)C)CC1. The van der Waals surface area contributed by atoms with E-state index in [1.165, 1.54) is 12.8 Å². The lowest BCUT2D eigenvalue weighted by molar-refractivity contribution is 0.115. The summed E-state index contributed by atoms with van der Waals surface area (Å²) in [6.07, 6.45) is 2.58. The van der Waals surface area contributed by atoms with Crippen LogP contribution in [-0.4, -0.2) is 40.2 Å². The Labute approximate surface area is 91.4 Å². The van der Waals surface area contributed by atoms with Crippen LogP contribution in [0.3, 0.4) is 0 Å². The molecule has 0 amide bonds. The molecule has 0 saturated carbocycles. The van der Waals surface area contributed by atoms with Crippen molar-refractivity contribution in [3.05, 3.63) is 0 Å². The first-order valence-corrected chi connectivity index (χ1v) is 5.63. The summed E-state index contributed by atoms with van der Waals surface area (Å²) in [6, 6.07) is 0. The standard InChI is InChI=1S/C11H21B2N/c1-11(2,3)9-4-6-14(7-5-9)8-10(12)13/h9-10H,4-8H2,1-3H3. The van der Waals surface area contributed by atoms with E-state index in [-0.39, 0.29) is 5.72 Å². The Balaban J connectivity index is 2.31. The van der Waals surface area contributed by atoms with Gasteiger partial charge in [-0.05, 0) is 43.8 Å². The predicted octanol–water partition coefficient (Wildman–Crippen LogP) is 1.83. The highest BCUT2D eigenvalue weighted by Gasteiger charge is 2.28. The van der Waals surface area contributed by atoms with E-state index in [2.05, 4.69) is 25.7 Å². The molecule has 1 saturated heterocycles. The van der Waals surface area contributed by atoms with Crippen molar-refractivity contribution in [2.45, 2.75) is 39.3 Å². The van der Waals surface area contributed by atoms with Gasteiger partial charge in [-0.2, -0.15) is 0 Å². The van der Waals surface area contributed by atoms with Gasteiger partial charge in [0, 0.05) is 0 Å². The lowest BCUT2D eigenvalue weighted by Crippen LogP contribution is -2.39. The molecule has 0 atom stereocenters. The molecule has 1 aliphatic heterocycles. The van der Waals surface area contributed by atoms with Crippen LogP contribution in [0.4, 0.5) is 0 Å². The molecule has 0 unspecified atom stereocenters. The fraction of sp³-hybridized carbons (Fsp3) is 1.00. The Morgan fingerprint density at radius 2 is 1.71 bits per heavy atom. The van der Waals surface area contributed by atoms with Crippen LogP contribution in [0, 0.1) is 11.3 Å². The van der Waals surface area contributed by atoms with Crippen molar-refractivity contribution < 1.29 is 0 Å². The first-order valence-electron chi connectivity index (χ1n) is 5.63. The number of rotatable bonds is 2. The second-order valence-electron chi connectivity index (χ2n) is 5.60. The highest BCUT2D eigenvalue weighted by atomic mass is 15.1. The molecule has 1 fully saturated rings. The van der Waals surface area contributed by atoms with E-state index in [0.717, 1.165) is 25.6 Å². The van der Waals surface area contributed by atoms with Gasteiger partial charge in [-0.1, -0.05) is 26.5 Å². The van der Waals surface area contributed by atoms with Gasteiger partial charge in [0.05, 0.1) is 15.7 Å². The molecule has 0 spiro atoms.